The maximum Gasteiger partial charge on any atom is 0.300 e. The molecule has 0 spiro atoms. The van der Waals surface area contributed by atoms with E-state index in [0.29, 0.717) is 11.3 Å². The van der Waals surface area contributed by atoms with E-state index in [1.165, 1.54) is 48.4 Å². The average molecular weight is 438 g/mol. The second-order valence-corrected chi connectivity index (χ2v) is 7.32. The van der Waals surface area contributed by atoms with Crippen LogP contribution in [0.4, 0.5) is 10.1 Å². The second-order valence-electron chi connectivity index (χ2n) is 6.91. The molecule has 1 aliphatic heterocycles. The number of anilines is 1. The van der Waals surface area contributed by atoms with Gasteiger partial charge >= 0.3 is 0 Å². The first-order valence-electron chi connectivity index (χ1n) is 9.38. The summed E-state index contributed by atoms with van der Waals surface area (Å²) in [5.41, 5.74) is 0.945. The maximum absolute atomic E-state index is 13.9. The predicted octanol–water partition coefficient (Wildman–Crippen LogP) is 5.11. The number of aliphatic hydroxyl groups excluding tert-OH is 1. The molecule has 1 N–H and O–H groups in total. The molecule has 3 aromatic carbocycles. The van der Waals surface area contributed by atoms with Crippen LogP contribution in [0.15, 0.2) is 78.4 Å². The Hall–Kier alpha value is -3.64. The highest BCUT2D eigenvalue weighted by Crippen LogP contribution is 2.42. The number of Topliss-reactive ketones (excluding diaryl/α,β-unsaturated/α-hetero) is 1. The Balaban J connectivity index is 1.93. The van der Waals surface area contributed by atoms with Crippen LogP contribution >= 0.6 is 11.6 Å². The lowest BCUT2D eigenvalue weighted by Gasteiger charge is -2.25. The SMILES string of the molecule is COc1ccc(/C(O)=C2\C(=O)C(=O)N(c3cccc(F)c3)C2c2ccccc2)cc1Cl. The van der Waals surface area contributed by atoms with Crippen LogP contribution in [0.25, 0.3) is 5.76 Å². The number of halogens is 2. The van der Waals surface area contributed by atoms with Crippen LogP contribution in [0.5, 0.6) is 5.75 Å². The summed E-state index contributed by atoms with van der Waals surface area (Å²) in [4.78, 5) is 27.2. The number of ketones is 1. The van der Waals surface area contributed by atoms with Crippen molar-refractivity contribution in [2.24, 2.45) is 0 Å². The van der Waals surface area contributed by atoms with Crippen LogP contribution in [0.2, 0.25) is 5.02 Å². The fourth-order valence-corrected chi connectivity index (χ4v) is 3.90. The molecule has 0 radical (unpaired) electrons. The fourth-order valence-electron chi connectivity index (χ4n) is 3.64. The number of carbonyl (C=O) groups is 2. The number of amides is 1. The average Bonchev–Trinajstić information content (AvgIpc) is 3.04. The molecule has 4 rings (SSSR count). The third-order valence-corrected chi connectivity index (χ3v) is 5.37. The van der Waals surface area contributed by atoms with Gasteiger partial charge in [0.1, 0.15) is 17.3 Å². The van der Waals surface area contributed by atoms with Gasteiger partial charge in [-0.3, -0.25) is 14.5 Å². The van der Waals surface area contributed by atoms with E-state index in [4.69, 9.17) is 16.3 Å². The molecule has 156 valence electrons. The summed E-state index contributed by atoms with van der Waals surface area (Å²) in [6.45, 7) is 0. The van der Waals surface area contributed by atoms with Crippen LogP contribution in [-0.2, 0) is 9.59 Å². The lowest BCUT2D eigenvalue weighted by atomic mass is 9.95. The number of hydrogen-bond acceptors (Lipinski definition) is 4. The van der Waals surface area contributed by atoms with Gasteiger partial charge in [-0.1, -0.05) is 48.0 Å². The third-order valence-electron chi connectivity index (χ3n) is 5.07. The number of rotatable bonds is 4. The summed E-state index contributed by atoms with van der Waals surface area (Å²) in [6.07, 6.45) is 0. The standard InChI is InChI=1S/C24H17ClFNO4/c1-31-19-11-10-15(12-18(19)25)22(28)20-21(14-6-3-2-4-7-14)27(24(30)23(20)29)17-9-5-8-16(26)13-17/h2-13,21,28H,1H3/b22-20+. The van der Waals surface area contributed by atoms with Crippen LogP contribution in [0, 0.1) is 5.82 Å². The van der Waals surface area contributed by atoms with E-state index in [-0.39, 0.29) is 27.6 Å². The van der Waals surface area contributed by atoms with Crippen molar-refractivity contribution in [3.05, 3.63) is 100 Å². The number of hydrogen-bond donors (Lipinski definition) is 1. The first-order chi connectivity index (χ1) is 14.9. The quantitative estimate of drug-likeness (QED) is 0.350. The Morgan fingerprint density at radius 2 is 1.77 bits per heavy atom. The van der Waals surface area contributed by atoms with E-state index in [2.05, 4.69) is 0 Å². The molecular formula is C24H17ClFNO4. The third kappa shape index (κ3) is 3.66. The molecule has 1 heterocycles. The van der Waals surface area contributed by atoms with Crippen molar-refractivity contribution in [2.45, 2.75) is 6.04 Å². The van der Waals surface area contributed by atoms with Crippen LogP contribution in [0.1, 0.15) is 17.2 Å². The molecule has 1 amide bonds. The molecule has 0 saturated carbocycles. The smallest absolute Gasteiger partial charge is 0.300 e. The summed E-state index contributed by atoms with van der Waals surface area (Å²) in [5, 5.41) is 11.3. The minimum atomic E-state index is -0.941. The number of carbonyl (C=O) groups excluding carboxylic acids is 2. The monoisotopic (exact) mass is 437 g/mol. The Morgan fingerprint density at radius 1 is 1.03 bits per heavy atom. The van der Waals surface area contributed by atoms with Gasteiger partial charge in [0.05, 0.1) is 23.7 Å². The first-order valence-corrected chi connectivity index (χ1v) is 9.75. The number of ether oxygens (including phenoxy) is 1. The van der Waals surface area contributed by atoms with Crippen molar-refractivity contribution in [1.29, 1.82) is 0 Å². The Kier molecular flexibility index (Phi) is 5.48. The topological polar surface area (TPSA) is 66.8 Å². The van der Waals surface area contributed by atoms with Crippen molar-refractivity contribution >= 4 is 34.7 Å². The van der Waals surface area contributed by atoms with Gasteiger partial charge in [0.15, 0.2) is 0 Å². The van der Waals surface area contributed by atoms with Gasteiger partial charge in [-0.05, 0) is 42.0 Å². The molecular weight excluding hydrogens is 421 g/mol. The van der Waals surface area contributed by atoms with E-state index in [0.717, 1.165) is 0 Å². The normalized spacial score (nSPS) is 17.8. The Labute approximate surface area is 182 Å². The molecule has 1 fully saturated rings. The minimum absolute atomic E-state index is 0.110. The molecule has 1 atom stereocenters. The van der Waals surface area contributed by atoms with Gasteiger partial charge in [-0.25, -0.2) is 4.39 Å². The van der Waals surface area contributed by atoms with E-state index in [1.807, 2.05) is 0 Å². The molecule has 31 heavy (non-hydrogen) atoms. The lowest BCUT2D eigenvalue weighted by Crippen LogP contribution is -2.29. The highest BCUT2D eigenvalue weighted by Gasteiger charge is 2.47. The van der Waals surface area contributed by atoms with Crippen molar-refractivity contribution in [1.82, 2.24) is 0 Å². The minimum Gasteiger partial charge on any atom is -0.507 e. The zero-order chi connectivity index (χ0) is 22.1. The molecule has 5 nitrogen and oxygen atoms in total. The zero-order valence-electron chi connectivity index (χ0n) is 16.4. The number of aliphatic hydroxyl groups is 1. The van der Waals surface area contributed by atoms with Crippen molar-refractivity contribution in [3.8, 4) is 5.75 Å². The molecule has 0 aliphatic carbocycles. The van der Waals surface area contributed by atoms with Crippen molar-refractivity contribution in [3.63, 3.8) is 0 Å². The Bertz CT molecular complexity index is 1210. The second kappa shape index (κ2) is 8.24. The van der Waals surface area contributed by atoms with Crippen LogP contribution in [0.3, 0.4) is 0 Å². The van der Waals surface area contributed by atoms with Gasteiger partial charge < -0.3 is 9.84 Å². The summed E-state index contributed by atoms with van der Waals surface area (Å²) in [5.74, 6) is -2.26. The van der Waals surface area contributed by atoms with E-state index >= 15 is 0 Å². The Morgan fingerprint density at radius 3 is 2.42 bits per heavy atom. The number of benzene rings is 3. The summed E-state index contributed by atoms with van der Waals surface area (Å²) >= 11 is 6.18. The van der Waals surface area contributed by atoms with Gasteiger partial charge in [0.2, 0.25) is 0 Å². The van der Waals surface area contributed by atoms with Crippen LogP contribution < -0.4 is 9.64 Å². The van der Waals surface area contributed by atoms with Gasteiger partial charge in [0, 0.05) is 11.3 Å². The molecule has 0 aromatic heterocycles. The number of nitrogens with zero attached hydrogens (tertiary/aromatic N) is 1. The maximum atomic E-state index is 13.9. The van der Waals surface area contributed by atoms with Gasteiger partial charge in [-0.15, -0.1) is 0 Å². The highest BCUT2D eigenvalue weighted by atomic mass is 35.5. The van der Waals surface area contributed by atoms with Crippen molar-refractivity contribution < 1.29 is 23.8 Å². The van der Waals surface area contributed by atoms with E-state index in [1.54, 1.807) is 36.4 Å². The summed E-state index contributed by atoms with van der Waals surface area (Å²) in [7, 11) is 1.46. The highest BCUT2D eigenvalue weighted by molar-refractivity contribution is 6.51. The van der Waals surface area contributed by atoms with Gasteiger partial charge in [-0.2, -0.15) is 0 Å². The largest absolute Gasteiger partial charge is 0.507 e. The lowest BCUT2D eigenvalue weighted by molar-refractivity contribution is -0.132. The van der Waals surface area contributed by atoms with E-state index in [9.17, 15) is 19.1 Å². The summed E-state index contributed by atoms with van der Waals surface area (Å²) < 4.78 is 19.0. The molecule has 1 aliphatic rings. The summed E-state index contributed by atoms with van der Waals surface area (Å²) in [6, 6.07) is 17.8. The van der Waals surface area contributed by atoms with Gasteiger partial charge in [0.25, 0.3) is 11.7 Å². The van der Waals surface area contributed by atoms with Crippen LogP contribution in [-0.4, -0.2) is 23.9 Å². The molecule has 0 bridgehead atoms. The van der Waals surface area contributed by atoms with Crippen molar-refractivity contribution in [2.75, 3.05) is 12.0 Å². The first kappa shape index (κ1) is 20.6. The number of methoxy groups -OCH3 is 1. The molecule has 1 unspecified atom stereocenters. The molecule has 3 aromatic rings. The molecule has 1 saturated heterocycles. The fraction of sp³-hybridized carbons (Fsp3) is 0.0833. The molecule has 7 heteroatoms. The van der Waals surface area contributed by atoms with E-state index < -0.39 is 23.5 Å². The predicted molar refractivity (Wildman–Crippen MR) is 116 cm³/mol. The zero-order valence-corrected chi connectivity index (χ0v) is 17.1.